The van der Waals surface area contributed by atoms with Crippen molar-refractivity contribution < 1.29 is 9.53 Å². The molecule has 8 heteroatoms. The summed E-state index contributed by atoms with van der Waals surface area (Å²) >= 11 is 6.25. The van der Waals surface area contributed by atoms with E-state index in [0.29, 0.717) is 46.6 Å². The fraction of sp³-hybridized carbons (Fsp3) is 0.103. The van der Waals surface area contributed by atoms with Crippen LogP contribution in [-0.2, 0) is 6.54 Å². The van der Waals surface area contributed by atoms with Gasteiger partial charge in [-0.15, -0.1) is 0 Å². The van der Waals surface area contributed by atoms with Gasteiger partial charge < -0.3 is 15.4 Å². The van der Waals surface area contributed by atoms with Crippen LogP contribution in [0.4, 0.5) is 11.5 Å². The van der Waals surface area contributed by atoms with Gasteiger partial charge in [-0.05, 0) is 67.1 Å². The number of hydrogen-bond acceptors (Lipinski definition) is 6. The van der Waals surface area contributed by atoms with E-state index in [2.05, 4.69) is 20.6 Å². The number of aromatic nitrogens is 3. The molecule has 3 aromatic carbocycles. The molecule has 0 saturated heterocycles. The molecular weight excluding hydrogens is 486 g/mol. The highest BCUT2D eigenvalue weighted by atomic mass is 35.5. The second kappa shape index (κ2) is 11.1. The first-order valence-electron chi connectivity index (χ1n) is 11.8. The Balaban J connectivity index is 1.45. The normalized spacial score (nSPS) is 10.8. The van der Waals surface area contributed by atoms with Crippen molar-refractivity contribution in [1.29, 1.82) is 0 Å². The minimum absolute atomic E-state index is 0.209. The molecule has 0 atom stereocenters. The summed E-state index contributed by atoms with van der Waals surface area (Å²) < 4.78 is 5.56. The summed E-state index contributed by atoms with van der Waals surface area (Å²) in [4.78, 5) is 26.8. The van der Waals surface area contributed by atoms with Crippen LogP contribution in [0.5, 0.6) is 5.75 Å². The Morgan fingerprint density at radius 2 is 1.86 bits per heavy atom. The van der Waals surface area contributed by atoms with Crippen LogP contribution >= 0.6 is 11.6 Å². The number of amides is 1. The maximum atomic E-state index is 13.2. The van der Waals surface area contributed by atoms with Gasteiger partial charge in [-0.2, -0.15) is 0 Å². The predicted octanol–water partition coefficient (Wildman–Crippen LogP) is 6.42. The molecule has 0 aliphatic carbocycles. The summed E-state index contributed by atoms with van der Waals surface area (Å²) in [5, 5.41) is 7.70. The van der Waals surface area contributed by atoms with Gasteiger partial charge in [-0.25, -0.2) is 9.97 Å². The van der Waals surface area contributed by atoms with Crippen LogP contribution in [0.2, 0.25) is 5.02 Å². The Labute approximate surface area is 219 Å². The summed E-state index contributed by atoms with van der Waals surface area (Å²) in [5.74, 6) is 1.63. The number of rotatable bonds is 8. The van der Waals surface area contributed by atoms with Gasteiger partial charge in [0.2, 0.25) is 0 Å². The monoisotopic (exact) mass is 509 g/mol. The fourth-order valence-corrected chi connectivity index (χ4v) is 4.10. The minimum atomic E-state index is -0.209. The Morgan fingerprint density at radius 1 is 0.973 bits per heavy atom. The number of halogens is 1. The molecule has 2 N–H and O–H groups in total. The Kier molecular flexibility index (Phi) is 7.23. The lowest BCUT2D eigenvalue weighted by molar-refractivity contribution is 0.0951. The van der Waals surface area contributed by atoms with Crippen molar-refractivity contribution in [2.24, 2.45) is 0 Å². The Morgan fingerprint density at radius 3 is 2.70 bits per heavy atom. The zero-order valence-corrected chi connectivity index (χ0v) is 20.9. The number of para-hydroxylation sites is 1. The fourth-order valence-electron chi connectivity index (χ4n) is 3.93. The number of benzene rings is 3. The van der Waals surface area contributed by atoms with Crippen molar-refractivity contribution in [2.75, 3.05) is 11.9 Å². The zero-order chi connectivity index (χ0) is 25.6. The number of anilines is 2. The molecule has 0 bridgehead atoms. The lowest BCUT2D eigenvalue weighted by Crippen LogP contribution is -2.23. The molecule has 0 spiro atoms. The third-order valence-corrected chi connectivity index (χ3v) is 5.90. The largest absolute Gasteiger partial charge is 0.494 e. The van der Waals surface area contributed by atoms with Crippen LogP contribution in [0, 0.1) is 0 Å². The van der Waals surface area contributed by atoms with Crippen molar-refractivity contribution in [3.05, 3.63) is 107 Å². The summed E-state index contributed by atoms with van der Waals surface area (Å²) in [7, 11) is 0. The highest BCUT2D eigenvalue weighted by molar-refractivity contribution is 6.31. The Bertz CT molecular complexity index is 1560. The van der Waals surface area contributed by atoms with Crippen molar-refractivity contribution in [3.8, 4) is 17.1 Å². The van der Waals surface area contributed by atoms with Crippen LogP contribution in [0.3, 0.4) is 0 Å². The minimum Gasteiger partial charge on any atom is -0.494 e. The number of ether oxygens (including phenoxy) is 1. The molecule has 37 heavy (non-hydrogen) atoms. The average molecular weight is 510 g/mol. The van der Waals surface area contributed by atoms with E-state index < -0.39 is 0 Å². The average Bonchev–Trinajstić information content (AvgIpc) is 2.92. The van der Waals surface area contributed by atoms with Gasteiger partial charge in [0.05, 0.1) is 23.4 Å². The molecular formula is C29H24ClN5O2. The van der Waals surface area contributed by atoms with E-state index in [1.807, 2.05) is 67.6 Å². The smallest absolute Gasteiger partial charge is 0.253 e. The van der Waals surface area contributed by atoms with Crippen LogP contribution in [-0.4, -0.2) is 27.5 Å². The number of carbonyl (C=O) groups excluding carboxylic acids is 1. The van der Waals surface area contributed by atoms with E-state index in [-0.39, 0.29) is 5.91 Å². The SMILES string of the molecule is CCOc1cccc(CNC(=O)c2ccccc2Nc2nc(-c3cccnc3)nc3cc(Cl)ccc23)c1. The van der Waals surface area contributed by atoms with Gasteiger partial charge in [-0.1, -0.05) is 35.9 Å². The van der Waals surface area contributed by atoms with Crippen molar-refractivity contribution in [3.63, 3.8) is 0 Å². The molecule has 0 aliphatic heterocycles. The highest BCUT2D eigenvalue weighted by Gasteiger charge is 2.15. The van der Waals surface area contributed by atoms with E-state index in [1.54, 1.807) is 30.6 Å². The van der Waals surface area contributed by atoms with Crippen molar-refractivity contribution >= 4 is 39.9 Å². The second-order valence-electron chi connectivity index (χ2n) is 8.23. The maximum absolute atomic E-state index is 13.2. The first-order valence-corrected chi connectivity index (χ1v) is 12.2. The molecule has 2 heterocycles. The summed E-state index contributed by atoms with van der Waals surface area (Å²) in [5.41, 5.74) is 3.51. The van der Waals surface area contributed by atoms with Crippen LogP contribution in [0.25, 0.3) is 22.3 Å². The summed E-state index contributed by atoms with van der Waals surface area (Å²) in [6, 6.07) is 24.2. The first kappa shape index (κ1) is 24.2. The lowest BCUT2D eigenvalue weighted by atomic mass is 10.1. The first-order chi connectivity index (χ1) is 18.1. The molecule has 5 aromatic rings. The van der Waals surface area contributed by atoms with E-state index in [9.17, 15) is 4.79 Å². The molecule has 0 fully saturated rings. The Hall–Kier alpha value is -4.49. The maximum Gasteiger partial charge on any atom is 0.253 e. The third kappa shape index (κ3) is 5.68. The summed E-state index contributed by atoms with van der Waals surface area (Å²) in [6.45, 7) is 2.89. The van der Waals surface area contributed by atoms with E-state index >= 15 is 0 Å². The molecule has 0 aliphatic rings. The van der Waals surface area contributed by atoms with Gasteiger partial charge in [-0.3, -0.25) is 9.78 Å². The second-order valence-corrected chi connectivity index (χ2v) is 8.67. The van der Waals surface area contributed by atoms with Crippen LogP contribution in [0.15, 0.2) is 91.3 Å². The van der Waals surface area contributed by atoms with E-state index in [1.165, 1.54) is 0 Å². The lowest BCUT2D eigenvalue weighted by Gasteiger charge is -2.15. The van der Waals surface area contributed by atoms with Gasteiger partial charge in [0.15, 0.2) is 5.82 Å². The third-order valence-electron chi connectivity index (χ3n) is 5.67. The number of fused-ring (bicyclic) bond motifs is 1. The topological polar surface area (TPSA) is 89.0 Å². The van der Waals surface area contributed by atoms with Gasteiger partial charge >= 0.3 is 0 Å². The number of nitrogens with one attached hydrogen (secondary N) is 2. The van der Waals surface area contributed by atoms with Crippen molar-refractivity contribution in [2.45, 2.75) is 13.5 Å². The van der Waals surface area contributed by atoms with E-state index in [4.69, 9.17) is 21.3 Å². The van der Waals surface area contributed by atoms with Crippen molar-refractivity contribution in [1.82, 2.24) is 20.3 Å². The number of hydrogen-bond donors (Lipinski definition) is 2. The molecule has 0 saturated carbocycles. The van der Waals surface area contributed by atoms with Gasteiger partial charge in [0.25, 0.3) is 5.91 Å². The number of carbonyl (C=O) groups is 1. The standard InChI is InChI=1S/C29H24ClN5O2/c1-2-37-22-9-5-7-19(15-22)17-32-29(36)24-10-3-4-11-25(24)33-28-23-13-12-21(30)16-26(23)34-27(35-28)20-8-6-14-31-18-20/h3-16,18H,2,17H2,1H3,(H,32,36)(H,33,34,35). The quantitative estimate of drug-likeness (QED) is 0.251. The molecule has 5 rings (SSSR count). The molecule has 0 unspecified atom stereocenters. The number of nitrogens with zero attached hydrogens (tertiary/aromatic N) is 3. The summed E-state index contributed by atoms with van der Waals surface area (Å²) in [6.07, 6.45) is 3.40. The van der Waals surface area contributed by atoms with Crippen LogP contribution < -0.4 is 15.4 Å². The van der Waals surface area contributed by atoms with Crippen LogP contribution in [0.1, 0.15) is 22.8 Å². The number of pyridine rings is 1. The molecule has 1 amide bonds. The predicted molar refractivity (Wildman–Crippen MR) is 146 cm³/mol. The van der Waals surface area contributed by atoms with Gasteiger partial charge in [0, 0.05) is 34.9 Å². The molecule has 184 valence electrons. The van der Waals surface area contributed by atoms with Gasteiger partial charge in [0.1, 0.15) is 11.6 Å². The van der Waals surface area contributed by atoms with E-state index in [0.717, 1.165) is 22.3 Å². The molecule has 7 nitrogen and oxygen atoms in total. The molecule has 2 aromatic heterocycles. The zero-order valence-electron chi connectivity index (χ0n) is 20.1. The highest BCUT2D eigenvalue weighted by Crippen LogP contribution is 2.30. The molecule has 0 radical (unpaired) electrons.